The standard InChI is InChI=1S/C11H28N4Si/c1-10(7-5-4-6-8-10)14-11(13-3,15-16)9-12-2/h12-15H,4-9H2,1-3,16H3. The highest BCUT2D eigenvalue weighted by molar-refractivity contribution is 6.04. The largest absolute Gasteiger partial charge is 0.316 e. The summed E-state index contributed by atoms with van der Waals surface area (Å²) in [4.78, 5) is 3.49. The molecule has 96 valence electrons. The van der Waals surface area contributed by atoms with Crippen molar-refractivity contribution in [1.29, 1.82) is 0 Å². The van der Waals surface area contributed by atoms with Crippen molar-refractivity contribution >= 4 is 10.4 Å². The monoisotopic (exact) mass is 244 g/mol. The number of nitrogens with one attached hydrogen (secondary N) is 4. The zero-order valence-electron chi connectivity index (χ0n) is 11.2. The Kier molecular flexibility index (Phi) is 5.40. The number of hydrogen-bond acceptors (Lipinski definition) is 4. The molecule has 4 N–H and O–H groups in total. The van der Waals surface area contributed by atoms with E-state index in [1.165, 1.54) is 32.1 Å². The molecule has 0 saturated heterocycles. The molecule has 0 aromatic heterocycles. The van der Waals surface area contributed by atoms with Crippen LogP contribution in [0.15, 0.2) is 0 Å². The molecule has 0 spiro atoms. The second-order valence-corrected chi connectivity index (χ2v) is 5.68. The van der Waals surface area contributed by atoms with Gasteiger partial charge in [0.15, 0.2) is 0 Å². The Bertz CT molecular complexity index is 200. The molecule has 0 radical (unpaired) electrons. The third-order valence-corrected chi connectivity index (χ3v) is 4.62. The maximum Gasteiger partial charge on any atom is 0.129 e. The minimum Gasteiger partial charge on any atom is -0.316 e. The Morgan fingerprint density at radius 3 is 2.25 bits per heavy atom. The Labute approximate surface area is 103 Å². The molecule has 0 heterocycles. The molecule has 1 rings (SSSR count). The van der Waals surface area contributed by atoms with Gasteiger partial charge in [0.25, 0.3) is 0 Å². The van der Waals surface area contributed by atoms with E-state index < -0.39 is 0 Å². The molecule has 16 heavy (non-hydrogen) atoms. The highest BCUT2D eigenvalue weighted by atomic mass is 28.2. The first-order valence-electron chi connectivity index (χ1n) is 6.41. The van der Waals surface area contributed by atoms with Gasteiger partial charge in [0.2, 0.25) is 0 Å². The lowest BCUT2D eigenvalue weighted by molar-refractivity contribution is 0.137. The van der Waals surface area contributed by atoms with Crippen LogP contribution in [-0.2, 0) is 0 Å². The number of hydrogen-bond donors (Lipinski definition) is 4. The maximum atomic E-state index is 3.80. The quantitative estimate of drug-likeness (QED) is 0.367. The van der Waals surface area contributed by atoms with Gasteiger partial charge in [-0.1, -0.05) is 19.3 Å². The van der Waals surface area contributed by atoms with E-state index in [1.807, 2.05) is 14.1 Å². The van der Waals surface area contributed by atoms with Crippen LogP contribution in [0.1, 0.15) is 39.0 Å². The number of rotatable bonds is 6. The third kappa shape index (κ3) is 3.53. The molecular formula is C11H28N4Si. The van der Waals surface area contributed by atoms with Gasteiger partial charge < -0.3 is 10.3 Å². The Morgan fingerprint density at radius 1 is 1.19 bits per heavy atom. The summed E-state index contributed by atoms with van der Waals surface area (Å²) in [7, 11) is 4.98. The summed E-state index contributed by atoms with van der Waals surface area (Å²) in [6, 6.07) is 0. The summed E-state index contributed by atoms with van der Waals surface area (Å²) in [6.07, 6.45) is 6.66. The molecule has 0 amide bonds. The molecule has 0 aliphatic heterocycles. The first kappa shape index (κ1) is 14.1. The van der Waals surface area contributed by atoms with Crippen LogP contribution < -0.4 is 20.9 Å². The summed E-state index contributed by atoms with van der Waals surface area (Å²) in [5, 5.41) is 10.4. The number of likely N-dealkylation sites (N-methyl/N-ethyl adjacent to an activating group) is 2. The highest BCUT2D eigenvalue weighted by Gasteiger charge is 2.35. The average Bonchev–Trinajstić information content (AvgIpc) is 2.29. The van der Waals surface area contributed by atoms with Crippen molar-refractivity contribution < 1.29 is 0 Å². The van der Waals surface area contributed by atoms with Gasteiger partial charge in [-0.05, 0) is 33.9 Å². The molecule has 1 fully saturated rings. The molecule has 0 aromatic rings. The van der Waals surface area contributed by atoms with Gasteiger partial charge in [-0.15, -0.1) is 0 Å². The van der Waals surface area contributed by atoms with Gasteiger partial charge >= 0.3 is 0 Å². The van der Waals surface area contributed by atoms with Crippen LogP contribution in [0.5, 0.6) is 0 Å². The zero-order chi connectivity index (χ0) is 12.1. The van der Waals surface area contributed by atoms with E-state index in [1.54, 1.807) is 0 Å². The molecular weight excluding hydrogens is 216 g/mol. The van der Waals surface area contributed by atoms with Crippen LogP contribution in [0, 0.1) is 0 Å². The van der Waals surface area contributed by atoms with E-state index in [2.05, 4.69) is 27.9 Å². The van der Waals surface area contributed by atoms with Crippen molar-refractivity contribution in [2.75, 3.05) is 20.6 Å². The fourth-order valence-corrected chi connectivity index (χ4v) is 3.26. The molecule has 0 bridgehead atoms. The van der Waals surface area contributed by atoms with Crippen molar-refractivity contribution in [2.45, 2.75) is 50.4 Å². The van der Waals surface area contributed by atoms with Gasteiger partial charge in [-0.3, -0.25) is 10.6 Å². The average molecular weight is 244 g/mol. The van der Waals surface area contributed by atoms with E-state index >= 15 is 0 Å². The fraction of sp³-hybridized carbons (Fsp3) is 1.00. The van der Waals surface area contributed by atoms with Crippen molar-refractivity contribution in [2.24, 2.45) is 0 Å². The smallest absolute Gasteiger partial charge is 0.129 e. The van der Waals surface area contributed by atoms with Crippen molar-refractivity contribution in [3.8, 4) is 0 Å². The van der Waals surface area contributed by atoms with Crippen LogP contribution >= 0.6 is 0 Å². The Hall–Kier alpha value is 0.0569. The summed E-state index contributed by atoms with van der Waals surface area (Å²) in [5.41, 5.74) is 0.273. The Balaban J connectivity index is 2.65. The minimum atomic E-state index is -0.146. The lowest BCUT2D eigenvalue weighted by Crippen LogP contribution is -2.74. The minimum absolute atomic E-state index is 0.146. The van der Waals surface area contributed by atoms with E-state index in [4.69, 9.17) is 0 Å². The first-order valence-corrected chi connectivity index (χ1v) is 7.41. The maximum absolute atomic E-state index is 3.80. The first-order chi connectivity index (χ1) is 7.60. The molecule has 1 unspecified atom stereocenters. The summed E-state index contributed by atoms with van der Waals surface area (Å²) < 4.78 is 0. The van der Waals surface area contributed by atoms with E-state index in [0.29, 0.717) is 0 Å². The van der Waals surface area contributed by atoms with Gasteiger partial charge in [0.05, 0.1) is 10.4 Å². The zero-order valence-corrected chi connectivity index (χ0v) is 13.2. The SMILES string of the molecule is CNCC(NC)(N[SiH3])NC1(C)CCCCC1. The lowest BCUT2D eigenvalue weighted by atomic mass is 9.83. The van der Waals surface area contributed by atoms with Crippen LogP contribution in [0.2, 0.25) is 0 Å². The lowest BCUT2D eigenvalue weighted by Gasteiger charge is -2.45. The predicted octanol–water partition coefficient (Wildman–Crippen LogP) is -0.739. The topological polar surface area (TPSA) is 48.1 Å². The van der Waals surface area contributed by atoms with E-state index in [9.17, 15) is 0 Å². The highest BCUT2D eigenvalue weighted by Crippen LogP contribution is 2.28. The molecule has 5 heteroatoms. The summed E-state index contributed by atoms with van der Waals surface area (Å²) in [5.74, 6) is -0.146. The van der Waals surface area contributed by atoms with Crippen LogP contribution in [0.4, 0.5) is 0 Å². The van der Waals surface area contributed by atoms with Crippen LogP contribution in [-0.4, -0.2) is 42.4 Å². The predicted molar refractivity (Wildman–Crippen MR) is 73.4 cm³/mol. The van der Waals surface area contributed by atoms with Crippen molar-refractivity contribution in [3.63, 3.8) is 0 Å². The molecule has 1 saturated carbocycles. The van der Waals surface area contributed by atoms with Crippen molar-refractivity contribution in [1.82, 2.24) is 20.9 Å². The fourth-order valence-electron chi connectivity index (χ4n) is 2.71. The molecule has 1 aliphatic carbocycles. The van der Waals surface area contributed by atoms with Gasteiger partial charge in [-0.2, -0.15) is 0 Å². The Morgan fingerprint density at radius 2 is 1.81 bits per heavy atom. The van der Waals surface area contributed by atoms with Gasteiger partial charge in [-0.25, -0.2) is 0 Å². The van der Waals surface area contributed by atoms with Crippen LogP contribution in [0.25, 0.3) is 0 Å². The van der Waals surface area contributed by atoms with E-state index in [0.717, 1.165) is 16.9 Å². The van der Waals surface area contributed by atoms with Gasteiger partial charge in [0, 0.05) is 12.1 Å². The van der Waals surface area contributed by atoms with Crippen LogP contribution in [0.3, 0.4) is 0 Å². The molecule has 0 aromatic carbocycles. The second kappa shape index (κ2) is 6.12. The normalized spacial score (nSPS) is 24.2. The summed E-state index contributed by atoms with van der Waals surface area (Å²) in [6.45, 7) is 3.25. The van der Waals surface area contributed by atoms with Gasteiger partial charge in [0.1, 0.15) is 5.79 Å². The summed E-state index contributed by atoms with van der Waals surface area (Å²) >= 11 is 0. The second-order valence-electron chi connectivity index (χ2n) is 5.18. The molecule has 4 nitrogen and oxygen atoms in total. The molecule has 1 aliphatic rings. The van der Waals surface area contributed by atoms with E-state index in [-0.39, 0.29) is 11.3 Å². The third-order valence-electron chi connectivity index (χ3n) is 3.77. The molecule has 1 atom stereocenters. The van der Waals surface area contributed by atoms with Crippen molar-refractivity contribution in [3.05, 3.63) is 0 Å².